The lowest BCUT2D eigenvalue weighted by Crippen LogP contribution is -2.50. The number of benzene rings is 1. The molecule has 206 valence electrons. The van der Waals surface area contributed by atoms with E-state index in [1.807, 2.05) is 19.1 Å². The minimum absolute atomic E-state index is 0.0373. The van der Waals surface area contributed by atoms with E-state index in [2.05, 4.69) is 24.2 Å². The van der Waals surface area contributed by atoms with Crippen LogP contribution in [0, 0.1) is 17.8 Å². The molecule has 0 aromatic heterocycles. The number of amides is 2. The fraction of sp³-hybridized carbons (Fsp3) is 0.733. The van der Waals surface area contributed by atoms with Crippen LogP contribution in [0.1, 0.15) is 88.4 Å². The van der Waals surface area contributed by atoms with Gasteiger partial charge < -0.3 is 25.0 Å². The molecule has 0 radical (unpaired) electrons. The largest absolute Gasteiger partial charge is 0.488 e. The van der Waals surface area contributed by atoms with Crippen LogP contribution in [0.5, 0.6) is 5.75 Å². The Morgan fingerprint density at radius 2 is 1.78 bits per heavy atom. The molecule has 7 heteroatoms. The van der Waals surface area contributed by atoms with Gasteiger partial charge in [-0.15, -0.1) is 0 Å². The Morgan fingerprint density at radius 3 is 2.46 bits per heavy atom. The maximum absolute atomic E-state index is 13.7. The Labute approximate surface area is 222 Å². The van der Waals surface area contributed by atoms with E-state index in [0.717, 1.165) is 44.7 Å². The van der Waals surface area contributed by atoms with E-state index in [0.29, 0.717) is 23.5 Å². The summed E-state index contributed by atoms with van der Waals surface area (Å²) >= 11 is 0. The molecule has 2 N–H and O–H groups in total. The van der Waals surface area contributed by atoms with Gasteiger partial charge in [-0.25, -0.2) is 0 Å². The molecule has 0 unspecified atom stereocenters. The van der Waals surface area contributed by atoms with E-state index in [1.165, 1.54) is 38.5 Å². The molecular weight excluding hydrogens is 466 g/mol. The van der Waals surface area contributed by atoms with Crippen LogP contribution in [0.4, 0.5) is 5.69 Å². The third-order valence-electron chi connectivity index (χ3n) is 8.69. The minimum Gasteiger partial charge on any atom is -0.488 e. The predicted octanol–water partition coefficient (Wildman–Crippen LogP) is 4.94. The number of hydrogen-bond donors (Lipinski definition) is 2. The Kier molecular flexibility index (Phi) is 9.88. The second kappa shape index (κ2) is 13.1. The highest BCUT2D eigenvalue weighted by atomic mass is 16.5. The van der Waals surface area contributed by atoms with E-state index in [-0.39, 0.29) is 42.4 Å². The zero-order chi connectivity index (χ0) is 26.4. The van der Waals surface area contributed by atoms with Crippen molar-refractivity contribution < 1.29 is 19.4 Å². The number of rotatable bonds is 8. The summed E-state index contributed by atoms with van der Waals surface area (Å²) in [5, 5.41) is 13.0. The third kappa shape index (κ3) is 7.26. The highest BCUT2D eigenvalue weighted by Gasteiger charge is 2.34. The summed E-state index contributed by atoms with van der Waals surface area (Å²) in [7, 11) is 2.17. The number of nitrogens with one attached hydrogen (secondary N) is 1. The fourth-order valence-electron chi connectivity index (χ4n) is 6.32. The van der Waals surface area contributed by atoms with Gasteiger partial charge in [-0.1, -0.05) is 45.4 Å². The van der Waals surface area contributed by atoms with Crippen LogP contribution in [-0.4, -0.2) is 72.2 Å². The summed E-state index contributed by atoms with van der Waals surface area (Å²) in [6.45, 7) is 6.28. The Bertz CT molecular complexity index is 910. The molecule has 2 amide bonds. The van der Waals surface area contributed by atoms with E-state index in [1.54, 1.807) is 11.0 Å². The van der Waals surface area contributed by atoms with Crippen LogP contribution in [0.15, 0.2) is 18.2 Å². The van der Waals surface area contributed by atoms with Gasteiger partial charge in [-0.05, 0) is 63.8 Å². The number of fused-ring (bicyclic) bond motifs is 1. The van der Waals surface area contributed by atoms with Crippen molar-refractivity contribution in [3.05, 3.63) is 23.8 Å². The number of aliphatic hydroxyl groups excluding tert-OH is 1. The lowest BCUT2D eigenvalue weighted by atomic mass is 9.88. The summed E-state index contributed by atoms with van der Waals surface area (Å²) < 4.78 is 6.55. The first-order valence-corrected chi connectivity index (χ1v) is 14.6. The Morgan fingerprint density at radius 1 is 1.11 bits per heavy atom. The molecule has 3 atom stereocenters. The van der Waals surface area contributed by atoms with Gasteiger partial charge >= 0.3 is 0 Å². The first kappa shape index (κ1) is 27.9. The van der Waals surface area contributed by atoms with Crippen LogP contribution in [0.25, 0.3) is 0 Å². The summed E-state index contributed by atoms with van der Waals surface area (Å²) in [5.74, 6) is 1.32. The van der Waals surface area contributed by atoms with E-state index in [9.17, 15) is 14.7 Å². The molecule has 4 rings (SSSR count). The highest BCUT2D eigenvalue weighted by molar-refractivity contribution is 6.00. The molecule has 0 saturated heterocycles. The minimum atomic E-state index is -0.304. The van der Waals surface area contributed by atoms with Crippen LogP contribution in [-0.2, 0) is 4.79 Å². The van der Waals surface area contributed by atoms with Gasteiger partial charge in [0.15, 0.2) is 0 Å². The summed E-state index contributed by atoms with van der Waals surface area (Å²) in [6, 6.07) is 5.13. The second-order valence-corrected chi connectivity index (χ2v) is 11.9. The first-order valence-electron chi connectivity index (χ1n) is 14.6. The van der Waals surface area contributed by atoms with E-state index < -0.39 is 0 Å². The molecule has 1 aliphatic heterocycles. The van der Waals surface area contributed by atoms with Crippen LogP contribution >= 0.6 is 0 Å². The molecule has 0 spiro atoms. The second-order valence-electron chi connectivity index (χ2n) is 11.9. The Balaban J connectivity index is 1.53. The van der Waals surface area contributed by atoms with Crippen molar-refractivity contribution in [3.63, 3.8) is 0 Å². The predicted molar refractivity (Wildman–Crippen MR) is 147 cm³/mol. The first-order chi connectivity index (χ1) is 17.9. The molecular formula is C30H47N3O4. The Hall–Kier alpha value is -2.12. The van der Waals surface area contributed by atoms with E-state index >= 15 is 0 Å². The van der Waals surface area contributed by atoms with Gasteiger partial charge in [-0.3, -0.25) is 9.59 Å². The third-order valence-corrected chi connectivity index (χ3v) is 8.69. The van der Waals surface area contributed by atoms with Crippen molar-refractivity contribution in [1.82, 2.24) is 9.80 Å². The van der Waals surface area contributed by atoms with Crippen molar-refractivity contribution in [2.45, 2.75) is 90.2 Å². The van der Waals surface area contributed by atoms with Crippen molar-refractivity contribution in [3.8, 4) is 5.75 Å². The lowest BCUT2D eigenvalue weighted by molar-refractivity contribution is -0.120. The van der Waals surface area contributed by atoms with Gasteiger partial charge in [0.25, 0.3) is 5.91 Å². The van der Waals surface area contributed by atoms with Crippen LogP contribution < -0.4 is 10.1 Å². The standard InChI is InChI=1S/C30H47N3O4/c1-21-17-33(22(2)20-34)30(36)26-16-25(31-29(35)24-12-8-5-9-13-24)14-15-27(26)37-28(21)19-32(3)18-23-10-6-4-7-11-23/h14-16,21-24,28,34H,4-13,17-20H2,1-3H3,(H,31,35)/t21-,22-,28+/m1/s1. The molecule has 37 heavy (non-hydrogen) atoms. The quantitative estimate of drug-likeness (QED) is 0.515. The van der Waals surface area contributed by atoms with Crippen LogP contribution in [0.2, 0.25) is 0 Å². The molecule has 1 heterocycles. The number of anilines is 1. The lowest BCUT2D eigenvalue weighted by Gasteiger charge is -2.38. The number of hydrogen-bond acceptors (Lipinski definition) is 5. The van der Waals surface area contributed by atoms with Crippen molar-refractivity contribution in [2.75, 3.05) is 38.6 Å². The average molecular weight is 514 g/mol. The number of aliphatic hydroxyl groups is 1. The van der Waals surface area contributed by atoms with Gasteiger partial charge in [0.2, 0.25) is 5.91 Å². The summed E-state index contributed by atoms with van der Waals surface area (Å²) in [5.41, 5.74) is 1.08. The van der Waals surface area contributed by atoms with E-state index in [4.69, 9.17) is 4.74 Å². The smallest absolute Gasteiger partial charge is 0.258 e. The SMILES string of the molecule is C[C@@H]1CN([C@H](C)CO)C(=O)c2cc(NC(=O)C3CCCCC3)ccc2O[C@H]1CN(C)CC1CCCCC1. The van der Waals surface area contributed by atoms with Gasteiger partial charge in [0.1, 0.15) is 11.9 Å². The van der Waals surface area contributed by atoms with Gasteiger partial charge in [-0.2, -0.15) is 0 Å². The molecule has 0 bridgehead atoms. The maximum atomic E-state index is 13.7. The highest BCUT2D eigenvalue weighted by Crippen LogP contribution is 2.32. The number of likely N-dealkylation sites (N-methyl/N-ethyl adjacent to an activating group) is 1. The van der Waals surface area contributed by atoms with Crippen LogP contribution in [0.3, 0.4) is 0 Å². The van der Waals surface area contributed by atoms with Crippen molar-refractivity contribution >= 4 is 17.5 Å². The fourth-order valence-corrected chi connectivity index (χ4v) is 6.32. The summed E-state index contributed by atoms with van der Waals surface area (Å²) in [6.07, 6.45) is 11.8. The van der Waals surface area contributed by atoms with Crippen molar-refractivity contribution in [1.29, 1.82) is 0 Å². The van der Waals surface area contributed by atoms with Crippen molar-refractivity contribution in [2.24, 2.45) is 17.8 Å². The van der Waals surface area contributed by atoms with Gasteiger partial charge in [0, 0.05) is 37.2 Å². The zero-order valence-electron chi connectivity index (χ0n) is 23.1. The molecule has 1 aromatic carbocycles. The molecule has 2 aliphatic carbocycles. The maximum Gasteiger partial charge on any atom is 0.258 e. The number of carbonyl (C=O) groups excluding carboxylic acids is 2. The number of carbonyl (C=O) groups is 2. The molecule has 3 aliphatic rings. The summed E-state index contributed by atoms with van der Waals surface area (Å²) in [4.78, 5) is 30.7. The molecule has 7 nitrogen and oxygen atoms in total. The monoisotopic (exact) mass is 513 g/mol. The normalized spacial score (nSPS) is 24.7. The zero-order valence-corrected chi connectivity index (χ0v) is 23.1. The molecule has 1 aromatic rings. The van der Waals surface area contributed by atoms with Gasteiger partial charge in [0.05, 0.1) is 18.2 Å². The number of ether oxygens (including phenoxy) is 1. The number of nitrogens with zero attached hydrogens (tertiary/aromatic N) is 2. The molecule has 2 saturated carbocycles. The topological polar surface area (TPSA) is 82.1 Å². The molecule has 2 fully saturated rings. The average Bonchev–Trinajstić information content (AvgIpc) is 2.91.